The summed E-state index contributed by atoms with van der Waals surface area (Å²) in [5.74, 6) is -1.08. The van der Waals surface area contributed by atoms with Gasteiger partial charge in [0.25, 0.3) is 0 Å². The van der Waals surface area contributed by atoms with Crippen LogP contribution >= 0.6 is 11.6 Å². The van der Waals surface area contributed by atoms with E-state index in [9.17, 15) is 19.8 Å². The molecule has 0 radical (unpaired) electrons. The van der Waals surface area contributed by atoms with Crippen molar-refractivity contribution in [3.8, 4) is 0 Å². The first-order valence-corrected chi connectivity index (χ1v) is 7.70. The first kappa shape index (κ1) is 20.2. The first-order chi connectivity index (χ1) is 11.0. The van der Waals surface area contributed by atoms with E-state index < -0.39 is 29.9 Å². The Morgan fingerprint density at radius 3 is 2.46 bits per heavy atom. The van der Waals surface area contributed by atoms with Gasteiger partial charge >= 0.3 is 12.1 Å². The number of hydrogen-bond acceptors (Lipinski definition) is 5. The molecule has 0 saturated heterocycles. The van der Waals surface area contributed by atoms with E-state index in [-0.39, 0.29) is 18.5 Å². The molecule has 0 aromatic heterocycles. The highest BCUT2D eigenvalue weighted by Gasteiger charge is 2.24. The van der Waals surface area contributed by atoms with Crippen LogP contribution in [-0.4, -0.2) is 45.6 Å². The molecule has 2 atom stereocenters. The Kier molecular flexibility index (Phi) is 7.01. The molecule has 1 aromatic carbocycles. The number of aliphatic hydroxyl groups excluding tert-OH is 2. The summed E-state index contributed by atoms with van der Waals surface area (Å²) in [5.41, 5.74) is -0.158. The lowest BCUT2D eigenvalue weighted by Gasteiger charge is -2.23. The Bertz CT molecular complexity index is 599. The molecule has 0 bridgehead atoms. The van der Waals surface area contributed by atoms with Crippen LogP contribution in [0, 0.1) is 0 Å². The number of carbonyl (C=O) groups excluding carboxylic acids is 1. The molecule has 0 aliphatic rings. The Hall–Kier alpha value is -1.83. The molecule has 0 heterocycles. The quantitative estimate of drug-likeness (QED) is 0.616. The van der Waals surface area contributed by atoms with Crippen LogP contribution in [0.3, 0.4) is 0 Å². The van der Waals surface area contributed by atoms with Gasteiger partial charge in [0.1, 0.15) is 17.8 Å². The van der Waals surface area contributed by atoms with Crippen molar-refractivity contribution in [1.29, 1.82) is 0 Å². The van der Waals surface area contributed by atoms with E-state index in [2.05, 4.69) is 5.32 Å². The maximum atomic E-state index is 11.6. The number of carbonyl (C=O) groups is 2. The summed E-state index contributed by atoms with van der Waals surface area (Å²) in [7, 11) is 0. The average Bonchev–Trinajstić information content (AvgIpc) is 2.43. The molecule has 4 N–H and O–H groups in total. The maximum absolute atomic E-state index is 11.6. The van der Waals surface area contributed by atoms with Gasteiger partial charge < -0.3 is 25.4 Å². The number of benzene rings is 1. The van der Waals surface area contributed by atoms with Crippen molar-refractivity contribution in [2.45, 2.75) is 45.0 Å². The van der Waals surface area contributed by atoms with Gasteiger partial charge in [-0.1, -0.05) is 17.7 Å². The SMILES string of the molecule is CC(C)(C)OC(=O)NCC(O)C(O)c1cc(Cl)ccc1CC(=O)O. The molecule has 0 aliphatic heterocycles. The van der Waals surface area contributed by atoms with Gasteiger partial charge in [0.2, 0.25) is 0 Å². The molecule has 1 aromatic rings. The third-order valence-electron chi connectivity index (χ3n) is 2.99. The van der Waals surface area contributed by atoms with Gasteiger partial charge in [0.05, 0.1) is 6.42 Å². The average molecular weight is 360 g/mol. The lowest BCUT2D eigenvalue weighted by molar-refractivity contribution is -0.136. The Labute approximate surface area is 145 Å². The zero-order valence-electron chi connectivity index (χ0n) is 13.7. The van der Waals surface area contributed by atoms with Crippen LogP contribution in [0.25, 0.3) is 0 Å². The molecular formula is C16H22ClNO6. The fraction of sp³-hybridized carbons (Fsp3) is 0.500. The highest BCUT2D eigenvalue weighted by atomic mass is 35.5. The molecule has 1 amide bonds. The number of amides is 1. The number of carboxylic acid groups (broad SMARTS) is 1. The van der Waals surface area contributed by atoms with Crippen molar-refractivity contribution in [2.75, 3.05) is 6.54 Å². The molecule has 134 valence electrons. The standard InChI is InChI=1S/C16H22ClNO6/c1-16(2,3)24-15(23)18-8-12(19)14(22)11-7-10(17)5-4-9(11)6-13(20)21/h4-5,7,12,14,19,22H,6,8H2,1-3H3,(H,18,23)(H,20,21). The molecular weight excluding hydrogens is 338 g/mol. The molecule has 24 heavy (non-hydrogen) atoms. The van der Waals surface area contributed by atoms with Crippen molar-refractivity contribution in [3.05, 3.63) is 34.3 Å². The molecule has 2 unspecified atom stereocenters. The largest absolute Gasteiger partial charge is 0.481 e. The number of aliphatic hydroxyl groups is 2. The summed E-state index contributed by atoms with van der Waals surface area (Å²) in [6.07, 6.45) is -3.82. The number of alkyl carbamates (subject to hydrolysis) is 1. The van der Waals surface area contributed by atoms with Gasteiger partial charge in [-0.25, -0.2) is 4.79 Å². The Morgan fingerprint density at radius 1 is 1.29 bits per heavy atom. The summed E-state index contributed by atoms with van der Waals surface area (Å²) < 4.78 is 5.03. The van der Waals surface area contributed by atoms with E-state index in [1.807, 2.05) is 0 Å². The molecule has 0 aliphatic carbocycles. The van der Waals surface area contributed by atoms with Crippen molar-refractivity contribution in [2.24, 2.45) is 0 Å². The topological polar surface area (TPSA) is 116 Å². The predicted octanol–water partition coefficient (Wildman–Crippen LogP) is 1.89. The molecule has 1 rings (SSSR count). The summed E-state index contributed by atoms with van der Waals surface area (Å²) in [4.78, 5) is 22.5. The van der Waals surface area contributed by atoms with E-state index in [0.717, 1.165) is 0 Å². The Morgan fingerprint density at radius 2 is 1.92 bits per heavy atom. The summed E-state index contributed by atoms with van der Waals surface area (Å²) in [5, 5.41) is 31.9. The number of hydrogen-bond donors (Lipinski definition) is 4. The van der Waals surface area contributed by atoms with Gasteiger partial charge in [0.15, 0.2) is 0 Å². The predicted molar refractivity (Wildman–Crippen MR) is 88.0 cm³/mol. The highest BCUT2D eigenvalue weighted by molar-refractivity contribution is 6.30. The van der Waals surface area contributed by atoms with Crippen LogP contribution in [0.2, 0.25) is 5.02 Å². The number of ether oxygens (including phenoxy) is 1. The van der Waals surface area contributed by atoms with E-state index in [4.69, 9.17) is 21.4 Å². The lowest BCUT2D eigenvalue weighted by atomic mass is 9.96. The van der Waals surface area contributed by atoms with Crippen molar-refractivity contribution < 1.29 is 29.6 Å². The smallest absolute Gasteiger partial charge is 0.407 e. The van der Waals surface area contributed by atoms with Crippen LogP contribution in [-0.2, 0) is 16.0 Å². The molecule has 0 fully saturated rings. The van der Waals surface area contributed by atoms with Gasteiger partial charge in [-0.05, 0) is 44.0 Å². The maximum Gasteiger partial charge on any atom is 0.407 e. The third-order valence-corrected chi connectivity index (χ3v) is 3.22. The van der Waals surface area contributed by atoms with Crippen LogP contribution in [0.15, 0.2) is 18.2 Å². The second-order valence-corrected chi connectivity index (χ2v) is 6.75. The minimum atomic E-state index is -1.41. The second-order valence-electron chi connectivity index (χ2n) is 6.31. The van der Waals surface area contributed by atoms with Crippen molar-refractivity contribution >= 4 is 23.7 Å². The highest BCUT2D eigenvalue weighted by Crippen LogP contribution is 2.25. The van der Waals surface area contributed by atoms with Crippen molar-refractivity contribution in [1.82, 2.24) is 5.32 Å². The fourth-order valence-corrected chi connectivity index (χ4v) is 2.17. The minimum absolute atomic E-state index is 0.198. The van der Waals surface area contributed by atoms with E-state index in [1.165, 1.54) is 18.2 Å². The van der Waals surface area contributed by atoms with Crippen LogP contribution in [0.4, 0.5) is 4.79 Å². The third kappa shape index (κ3) is 6.74. The summed E-state index contributed by atoms with van der Waals surface area (Å²) in [6, 6.07) is 4.37. The molecule has 0 saturated carbocycles. The zero-order valence-corrected chi connectivity index (χ0v) is 14.5. The van der Waals surface area contributed by atoms with Gasteiger partial charge in [0, 0.05) is 11.6 Å². The minimum Gasteiger partial charge on any atom is -0.481 e. The van der Waals surface area contributed by atoms with E-state index in [1.54, 1.807) is 20.8 Å². The van der Waals surface area contributed by atoms with Gasteiger partial charge in [-0.3, -0.25) is 4.79 Å². The van der Waals surface area contributed by atoms with Gasteiger partial charge in [-0.2, -0.15) is 0 Å². The van der Waals surface area contributed by atoms with Gasteiger partial charge in [-0.15, -0.1) is 0 Å². The lowest BCUT2D eigenvalue weighted by Crippen LogP contribution is -2.39. The van der Waals surface area contributed by atoms with Crippen LogP contribution in [0.5, 0.6) is 0 Å². The molecule has 7 nitrogen and oxygen atoms in total. The van der Waals surface area contributed by atoms with E-state index in [0.29, 0.717) is 10.6 Å². The second kappa shape index (κ2) is 8.32. The summed E-state index contributed by atoms with van der Waals surface area (Å²) in [6.45, 7) is 4.82. The fourth-order valence-electron chi connectivity index (χ4n) is 1.99. The zero-order chi connectivity index (χ0) is 18.5. The number of carboxylic acids is 1. The number of halogens is 1. The number of nitrogens with one attached hydrogen (secondary N) is 1. The number of aliphatic carboxylic acids is 1. The van der Waals surface area contributed by atoms with E-state index >= 15 is 0 Å². The summed E-state index contributed by atoms with van der Waals surface area (Å²) >= 11 is 5.87. The van der Waals surface area contributed by atoms with Crippen molar-refractivity contribution in [3.63, 3.8) is 0 Å². The molecule has 0 spiro atoms. The monoisotopic (exact) mass is 359 g/mol. The first-order valence-electron chi connectivity index (χ1n) is 7.32. The molecule has 8 heteroatoms. The van der Waals surface area contributed by atoms with Crippen LogP contribution in [0.1, 0.15) is 38.0 Å². The normalized spacial score (nSPS) is 13.9. The Balaban J connectivity index is 2.78. The number of rotatable bonds is 6. The van der Waals surface area contributed by atoms with Crippen LogP contribution < -0.4 is 5.32 Å².